The molecular formula is C21H31N5O2. The third-order valence-corrected chi connectivity index (χ3v) is 5.22. The fourth-order valence-corrected chi connectivity index (χ4v) is 3.47. The first kappa shape index (κ1) is 20.5. The van der Waals surface area contributed by atoms with Gasteiger partial charge in [-0.05, 0) is 43.5 Å². The van der Waals surface area contributed by atoms with Crippen molar-refractivity contribution in [2.45, 2.75) is 70.6 Å². The zero-order valence-electron chi connectivity index (χ0n) is 16.6. The Hall–Kier alpha value is -2.25. The first-order chi connectivity index (χ1) is 13.7. The van der Waals surface area contributed by atoms with Crippen LogP contribution in [0.25, 0.3) is 5.69 Å². The molecule has 0 spiro atoms. The summed E-state index contributed by atoms with van der Waals surface area (Å²) in [6.07, 6.45) is 9.22. The van der Waals surface area contributed by atoms with E-state index in [0.29, 0.717) is 19.5 Å². The highest BCUT2D eigenvalue weighted by atomic mass is 16.3. The van der Waals surface area contributed by atoms with Gasteiger partial charge < -0.3 is 15.7 Å². The Morgan fingerprint density at radius 1 is 1.25 bits per heavy atom. The van der Waals surface area contributed by atoms with Crippen LogP contribution in [-0.4, -0.2) is 44.7 Å². The maximum Gasteiger partial charge on any atom is 0.240 e. The first-order valence-corrected chi connectivity index (χ1v) is 10.4. The van der Waals surface area contributed by atoms with Gasteiger partial charge in [0.1, 0.15) is 6.04 Å². The zero-order chi connectivity index (χ0) is 19.8. The lowest BCUT2D eigenvalue weighted by atomic mass is 10.1. The highest BCUT2D eigenvalue weighted by molar-refractivity contribution is 5.82. The maximum absolute atomic E-state index is 12.1. The molecule has 2 aromatic rings. The van der Waals surface area contributed by atoms with Crippen LogP contribution in [0.2, 0.25) is 0 Å². The summed E-state index contributed by atoms with van der Waals surface area (Å²) in [5, 5.41) is 24.2. The molecule has 0 bridgehead atoms. The number of aryl methyl sites for hydroxylation is 1. The number of nitrogens with zero attached hydrogens (tertiary/aromatic N) is 3. The summed E-state index contributed by atoms with van der Waals surface area (Å²) < 4.78 is 1.79. The van der Waals surface area contributed by atoms with Crippen LogP contribution in [0, 0.1) is 0 Å². The maximum atomic E-state index is 12.1. The van der Waals surface area contributed by atoms with Gasteiger partial charge in [0.05, 0.1) is 23.7 Å². The van der Waals surface area contributed by atoms with E-state index in [2.05, 4.69) is 27.9 Å². The second kappa shape index (κ2) is 10.3. The van der Waals surface area contributed by atoms with Crippen LogP contribution in [0.3, 0.4) is 0 Å². The van der Waals surface area contributed by atoms with Crippen LogP contribution < -0.4 is 10.6 Å². The summed E-state index contributed by atoms with van der Waals surface area (Å²) in [5.74, 6) is -0.158. The summed E-state index contributed by atoms with van der Waals surface area (Å²) in [5.41, 5.74) is 2.98. The Kier molecular flexibility index (Phi) is 7.56. The van der Waals surface area contributed by atoms with Gasteiger partial charge in [-0.15, -0.1) is 5.10 Å². The van der Waals surface area contributed by atoms with Crippen LogP contribution in [0.4, 0.5) is 0 Å². The summed E-state index contributed by atoms with van der Waals surface area (Å²) in [6.45, 7) is 3.33. The number of aliphatic hydroxyl groups excluding tert-OH is 1. The van der Waals surface area contributed by atoms with E-state index in [1.807, 2.05) is 30.5 Å². The number of benzene rings is 1. The fourth-order valence-electron chi connectivity index (χ4n) is 3.47. The number of hydrogen-bond acceptors (Lipinski definition) is 5. The van der Waals surface area contributed by atoms with Gasteiger partial charge >= 0.3 is 0 Å². The minimum atomic E-state index is -0.601. The SMILES string of the molecule is CCCCCCCc1cn(-c2ccc(CNC(=O)C3NCCC3O)cc2)nn1. The Morgan fingerprint density at radius 2 is 2.04 bits per heavy atom. The molecule has 28 heavy (non-hydrogen) atoms. The van der Waals surface area contributed by atoms with Crippen LogP contribution >= 0.6 is 0 Å². The summed E-state index contributed by atoms with van der Waals surface area (Å²) in [7, 11) is 0. The molecule has 2 unspecified atom stereocenters. The Balaban J connectivity index is 1.47. The van der Waals surface area contributed by atoms with Crippen molar-refractivity contribution >= 4 is 5.91 Å². The van der Waals surface area contributed by atoms with Gasteiger partial charge in [0, 0.05) is 6.54 Å². The number of unbranched alkanes of at least 4 members (excludes halogenated alkanes) is 4. The highest BCUT2D eigenvalue weighted by Crippen LogP contribution is 2.12. The molecule has 2 heterocycles. The molecule has 0 aliphatic carbocycles. The molecule has 2 atom stereocenters. The summed E-state index contributed by atoms with van der Waals surface area (Å²) >= 11 is 0. The smallest absolute Gasteiger partial charge is 0.240 e. The van der Waals surface area contributed by atoms with Crippen molar-refractivity contribution in [3.05, 3.63) is 41.7 Å². The molecule has 3 N–H and O–H groups in total. The number of hydrogen-bond donors (Lipinski definition) is 3. The fraction of sp³-hybridized carbons (Fsp3) is 0.571. The van der Waals surface area contributed by atoms with Gasteiger partial charge in [0.25, 0.3) is 0 Å². The monoisotopic (exact) mass is 385 g/mol. The number of rotatable bonds is 10. The van der Waals surface area contributed by atoms with Crippen molar-refractivity contribution < 1.29 is 9.90 Å². The number of amides is 1. The van der Waals surface area contributed by atoms with E-state index in [9.17, 15) is 9.90 Å². The molecule has 1 fully saturated rings. The topological polar surface area (TPSA) is 92.1 Å². The lowest BCUT2D eigenvalue weighted by Gasteiger charge is -2.14. The Morgan fingerprint density at radius 3 is 2.75 bits per heavy atom. The minimum absolute atomic E-state index is 0.158. The summed E-state index contributed by atoms with van der Waals surface area (Å²) in [6, 6.07) is 7.39. The number of nitrogens with one attached hydrogen (secondary N) is 2. The van der Waals surface area contributed by atoms with Crippen LogP contribution in [0.1, 0.15) is 56.7 Å². The normalized spacial score (nSPS) is 19.1. The highest BCUT2D eigenvalue weighted by Gasteiger charge is 2.30. The number of carbonyl (C=O) groups excluding carboxylic acids is 1. The molecule has 1 aromatic heterocycles. The van der Waals surface area contributed by atoms with Crippen molar-refractivity contribution in [1.82, 2.24) is 25.6 Å². The molecule has 1 aliphatic rings. The third-order valence-electron chi connectivity index (χ3n) is 5.22. The largest absolute Gasteiger partial charge is 0.391 e. The number of carbonyl (C=O) groups is 1. The minimum Gasteiger partial charge on any atom is -0.391 e. The van der Waals surface area contributed by atoms with E-state index in [4.69, 9.17) is 0 Å². The average Bonchev–Trinajstić information content (AvgIpc) is 3.35. The van der Waals surface area contributed by atoms with E-state index < -0.39 is 12.1 Å². The average molecular weight is 386 g/mol. The molecular weight excluding hydrogens is 354 g/mol. The molecule has 152 valence electrons. The Labute approximate surface area is 166 Å². The van der Waals surface area contributed by atoms with Crippen molar-refractivity contribution in [1.29, 1.82) is 0 Å². The lowest BCUT2D eigenvalue weighted by Crippen LogP contribution is -2.45. The van der Waals surface area contributed by atoms with Crippen molar-refractivity contribution in [3.8, 4) is 5.69 Å². The van der Waals surface area contributed by atoms with Gasteiger partial charge in [-0.2, -0.15) is 0 Å². The van der Waals surface area contributed by atoms with Crippen molar-refractivity contribution in [3.63, 3.8) is 0 Å². The lowest BCUT2D eigenvalue weighted by molar-refractivity contribution is -0.124. The van der Waals surface area contributed by atoms with E-state index in [1.165, 1.54) is 25.7 Å². The van der Waals surface area contributed by atoms with Crippen molar-refractivity contribution in [2.24, 2.45) is 0 Å². The van der Waals surface area contributed by atoms with E-state index in [0.717, 1.165) is 29.8 Å². The molecule has 7 heteroatoms. The van der Waals surface area contributed by atoms with Crippen molar-refractivity contribution in [2.75, 3.05) is 6.54 Å². The van der Waals surface area contributed by atoms with Crippen LogP contribution in [0.15, 0.2) is 30.5 Å². The predicted octanol–water partition coefficient (Wildman–Crippen LogP) is 2.12. The number of aliphatic hydroxyl groups is 1. The van der Waals surface area contributed by atoms with Crippen LogP contribution in [0.5, 0.6) is 0 Å². The van der Waals surface area contributed by atoms with E-state index in [1.54, 1.807) is 4.68 Å². The first-order valence-electron chi connectivity index (χ1n) is 10.4. The Bertz CT molecular complexity index is 744. The van der Waals surface area contributed by atoms with Gasteiger partial charge in [-0.1, -0.05) is 50.0 Å². The quantitative estimate of drug-likeness (QED) is 0.545. The standard InChI is InChI=1S/C21H31N5O2/c1-2-3-4-5-6-7-17-15-26(25-24-17)18-10-8-16(9-11-18)14-23-21(28)20-19(27)12-13-22-20/h8-11,15,19-20,22,27H,2-7,12-14H2,1H3,(H,23,28). The molecule has 1 aromatic carbocycles. The van der Waals surface area contributed by atoms with E-state index >= 15 is 0 Å². The second-order valence-corrected chi connectivity index (χ2v) is 7.49. The molecule has 1 saturated heterocycles. The zero-order valence-corrected chi connectivity index (χ0v) is 16.6. The molecule has 1 aliphatic heterocycles. The van der Waals surface area contributed by atoms with Crippen LogP contribution in [-0.2, 0) is 17.8 Å². The van der Waals surface area contributed by atoms with Gasteiger partial charge in [-0.25, -0.2) is 4.68 Å². The van der Waals surface area contributed by atoms with Gasteiger partial charge in [0.2, 0.25) is 5.91 Å². The number of aromatic nitrogens is 3. The second-order valence-electron chi connectivity index (χ2n) is 7.49. The van der Waals surface area contributed by atoms with E-state index in [-0.39, 0.29) is 5.91 Å². The molecule has 7 nitrogen and oxygen atoms in total. The predicted molar refractivity (Wildman–Crippen MR) is 108 cm³/mol. The molecule has 0 saturated carbocycles. The van der Waals surface area contributed by atoms with Gasteiger partial charge in [-0.3, -0.25) is 4.79 Å². The molecule has 3 rings (SSSR count). The van der Waals surface area contributed by atoms with Gasteiger partial charge in [0.15, 0.2) is 0 Å². The molecule has 0 radical (unpaired) electrons. The third kappa shape index (κ3) is 5.62. The molecule has 1 amide bonds. The summed E-state index contributed by atoms with van der Waals surface area (Å²) in [4.78, 5) is 12.1.